The lowest BCUT2D eigenvalue weighted by atomic mass is 10.3. The van der Waals surface area contributed by atoms with Gasteiger partial charge in [0.1, 0.15) is 5.75 Å². The van der Waals surface area contributed by atoms with Crippen LogP contribution in [-0.4, -0.2) is 5.97 Å². The lowest BCUT2D eigenvalue weighted by Gasteiger charge is -2.04. The SMILES string of the molecule is CCCC(=O)Oc1ccc(Cl)c(N)c1. The molecule has 0 atom stereocenters. The highest BCUT2D eigenvalue weighted by molar-refractivity contribution is 6.33. The van der Waals surface area contributed by atoms with Crippen molar-refractivity contribution in [3.63, 3.8) is 0 Å². The number of esters is 1. The molecule has 0 aliphatic heterocycles. The van der Waals surface area contributed by atoms with Gasteiger partial charge in [-0.25, -0.2) is 0 Å². The van der Waals surface area contributed by atoms with E-state index in [1.807, 2.05) is 6.92 Å². The first kappa shape index (κ1) is 10.9. The van der Waals surface area contributed by atoms with E-state index in [4.69, 9.17) is 22.1 Å². The van der Waals surface area contributed by atoms with Gasteiger partial charge in [-0.2, -0.15) is 0 Å². The van der Waals surface area contributed by atoms with Gasteiger partial charge in [0.05, 0.1) is 10.7 Å². The molecule has 76 valence electrons. The molecular formula is C10H12ClNO2. The molecule has 0 bridgehead atoms. The molecule has 1 aromatic rings. The van der Waals surface area contributed by atoms with Crippen molar-refractivity contribution in [3.8, 4) is 5.75 Å². The van der Waals surface area contributed by atoms with E-state index in [-0.39, 0.29) is 5.97 Å². The molecule has 1 aromatic carbocycles. The number of hydrogen-bond donors (Lipinski definition) is 1. The van der Waals surface area contributed by atoms with Crippen molar-refractivity contribution < 1.29 is 9.53 Å². The van der Waals surface area contributed by atoms with Crippen molar-refractivity contribution in [1.29, 1.82) is 0 Å². The minimum atomic E-state index is -0.255. The highest BCUT2D eigenvalue weighted by Crippen LogP contribution is 2.24. The average Bonchev–Trinajstić information content (AvgIpc) is 2.12. The van der Waals surface area contributed by atoms with Crippen LogP contribution in [0, 0.1) is 0 Å². The van der Waals surface area contributed by atoms with Crippen molar-refractivity contribution in [2.75, 3.05) is 5.73 Å². The second-order valence-electron chi connectivity index (χ2n) is 2.91. The molecule has 2 N–H and O–H groups in total. The van der Waals surface area contributed by atoms with Crippen LogP contribution in [0.4, 0.5) is 5.69 Å². The number of nitrogen functional groups attached to an aromatic ring is 1. The summed E-state index contributed by atoms with van der Waals surface area (Å²) in [4.78, 5) is 11.1. The minimum Gasteiger partial charge on any atom is -0.426 e. The normalized spacial score (nSPS) is 9.86. The van der Waals surface area contributed by atoms with Gasteiger partial charge in [-0.05, 0) is 18.6 Å². The molecule has 0 saturated heterocycles. The van der Waals surface area contributed by atoms with Crippen molar-refractivity contribution in [2.45, 2.75) is 19.8 Å². The summed E-state index contributed by atoms with van der Waals surface area (Å²) in [5, 5.41) is 0.459. The van der Waals surface area contributed by atoms with Crippen molar-refractivity contribution >= 4 is 23.3 Å². The second-order valence-corrected chi connectivity index (χ2v) is 3.31. The largest absolute Gasteiger partial charge is 0.426 e. The average molecular weight is 214 g/mol. The molecule has 0 aliphatic carbocycles. The lowest BCUT2D eigenvalue weighted by Crippen LogP contribution is -2.06. The van der Waals surface area contributed by atoms with E-state index in [0.717, 1.165) is 6.42 Å². The number of halogens is 1. The fourth-order valence-electron chi connectivity index (χ4n) is 0.972. The summed E-state index contributed by atoms with van der Waals surface area (Å²) >= 11 is 5.71. The van der Waals surface area contributed by atoms with Crippen molar-refractivity contribution in [1.82, 2.24) is 0 Å². The molecule has 0 aliphatic rings. The Morgan fingerprint density at radius 2 is 2.29 bits per heavy atom. The summed E-state index contributed by atoms with van der Waals surface area (Å²) in [7, 11) is 0. The van der Waals surface area contributed by atoms with Gasteiger partial charge in [0.25, 0.3) is 0 Å². The Kier molecular flexibility index (Phi) is 3.77. The summed E-state index contributed by atoms with van der Waals surface area (Å²) in [6.45, 7) is 1.91. The van der Waals surface area contributed by atoms with Crippen LogP contribution < -0.4 is 10.5 Å². The molecule has 0 amide bonds. The molecular weight excluding hydrogens is 202 g/mol. The van der Waals surface area contributed by atoms with E-state index >= 15 is 0 Å². The Labute approximate surface area is 87.8 Å². The van der Waals surface area contributed by atoms with E-state index in [0.29, 0.717) is 22.9 Å². The maximum atomic E-state index is 11.1. The van der Waals surface area contributed by atoms with E-state index < -0.39 is 0 Å². The molecule has 1 rings (SSSR count). The van der Waals surface area contributed by atoms with E-state index in [1.54, 1.807) is 12.1 Å². The van der Waals surface area contributed by atoms with Crippen LogP contribution in [0.15, 0.2) is 18.2 Å². The summed E-state index contributed by atoms with van der Waals surface area (Å²) < 4.78 is 5.01. The molecule has 0 spiro atoms. The highest BCUT2D eigenvalue weighted by atomic mass is 35.5. The van der Waals surface area contributed by atoms with Gasteiger partial charge in [-0.1, -0.05) is 18.5 Å². The fourth-order valence-corrected chi connectivity index (χ4v) is 1.09. The van der Waals surface area contributed by atoms with Gasteiger partial charge in [0, 0.05) is 12.5 Å². The van der Waals surface area contributed by atoms with Crippen molar-refractivity contribution in [3.05, 3.63) is 23.2 Å². The van der Waals surface area contributed by atoms with Crippen LogP contribution in [0.3, 0.4) is 0 Å². The number of rotatable bonds is 3. The van der Waals surface area contributed by atoms with E-state index in [2.05, 4.69) is 0 Å². The molecule has 0 saturated carbocycles. The second kappa shape index (κ2) is 4.86. The number of anilines is 1. The Morgan fingerprint density at radius 3 is 2.86 bits per heavy atom. The first-order valence-corrected chi connectivity index (χ1v) is 4.77. The number of benzene rings is 1. The molecule has 3 nitrogen and oxygen atoms in total. The van der Waals surface area contributed by atoms with Crippen molar-refractivity contribution in [2.24, 2.45) is 0 Å². The number of ether oxygens (including phenoxy) is 1. The smallest absolute Gasteiger partial charge is 0.311 e. The Hall–Kier alpha value is -1.22. The molecule has 4 heteroatoms. The van der Waals surface area contributed by atoms with Gasteiger partial charge in [0.15, 0.2) is 0 Å². The number of carbonyl (C=O) groups is 1. The first-order valence-electron chi connectivity index (χ1n) is 4.39. The molecule has 0 aromatic heterocycles. The van der Waals surface area contributed by atoms with Crippen LogP contribution in [-0.2, 0) is 4.79 Å². The van der Waals surface area contributed by atoms with Gasteiger partial charge in [-0.3, -0.25) is 4.79 Å². The third kappa shape index (κ3) is 2.92. The Bertz CT molecular complexity index is 339. The summed E-state index contributed by atoms with van der Waals surface area (Å²) in [5.74, 6) is 0.180. The number of carbonyl (C=O) groups excluding carboxylic acids is 1. The maximum absolute atomic E-state index is 11.1. The van der Waals surface area contributed by atoms with Gasteiger partial charge >= 0.3 is 5.97 Å². The lowest BCUT2D eigenvalue weighted by molar-refractivity contribution is -0.134. The fraction of sp³-hybridized carbons (Fsp3) is 0.300. The Morgan fingerprint density at radius 1 is 1.57 bits per heavy atom. The summed E-state index contributed by atoms with van der Waals surface area (Å²) in [5.41, 5.74) is 5.96. The zero-order chi connectivity index (χ0) is 10.6. The molecule has 0 unspecified atom stereocenters. The first-order chi connectivity index (χ1) is 6.63. The van der Waals surface area contributed by atoms with Gasteiger partial charge in [-0.15, -0.1) is 0 Å². The van der Waals surface area contributed by atoms with E-state index in [9.17, 15) is 4.79 Å². The predicted molar refractivity (Wildman–Crippen MR) is 56.4 cm³/mol. The maximum Gasteiger partial charge on any atom is 0.311 e. The standard InChI is InChI=1S/C10H12ClNO2/c1-2-3-10(13)14-7-4-5-8(11)9(12)6-7/h4-6H,2-3,12H2,1H3. The monoisotopic (exact) mass is 213 g/mol. The molecule has 0 heterocycles. The molecule has 0 fully saturated rings. The van der Waals surface area contributed by atoms with Crippen LogP contribution in [0.25, 0.3) is 0 Å². The Balaban J connectivity index is 2.68. The topological polar surface area (TPSA) is 52.3 Å². The zero-order valence-corrected chi connectivity index (χ0v) is 8.67. The van der Waals surface area contributed by atoms with Crippen LogP contribution in [0.5, 0.6) is 5.75 Å². The highest BCUT2D eigenvalue weighted by Gasteiger charge is 2.04. The summed E-state index contributed by atoms with van der Waals surface area (Å²) in [6.07, 6.45) is 1.17. The quantitative estimate of drug-likeness (QED) is 0.477. The third-order valence-electron chi connectivity index (χ3n) is 1.65. The third-order valence-corrected chi connectivity index (χ3v) is 2.00. The molecule has 14 heavy (non-hydrogen) atoms. The number of nitrogens with two attached hydrogens (primary N) is 1. The van der Waals surface area contributed by atoms with E-state index in [1.165, 1.54) is 6.07 Å². The zero-order valence-electron chi connectivity index (χ0n) is 7.92. The summed E-state index contributed by atoms with van der Waals surface area (Å²) in [6, 6.07) is 4.76. The minimum absolute atomic E-state index is 0.255. The molecule has 0 radical (unpaired) electrons. The number of hydrogen-bond acceptors (Lipinski definition) is 3. The van der Waals surface area contributed by atoms with Crippen LogP contribution in [0.1, 0.15) is 19.8 Å². The van der Waals surface area contributed by atoms with Gasteiger partial charge < -0.3 is 10.5 Å². The predicted octanol–water partition coefficient (Wildman–Crippen LogP) is 2.63. The van der Waals surface area contributed by atoms with Crippen LogP contribution in [0.2, 0.25) is 5.02 Å². The van der Waals surface area contributed by atoms with Crippen LogP contribution >= 0.6 is 11.6 Å². The van der Waals surface area contributed by atoms with Gasteiger partial charge in [0.2, 0.25) is 0 Å².